The molecule has 1 aromatic rings. The summed E-state index contributed by atoms with van der Waals surface area (Å²) in [5, 5.41) is 8.66. The number of anilines is 1. The molecule has 0 heterocycles. The molecule has 0 amide bonds. The standard InChI is InChI=1S/C15H21NO6/c1-20-14(18)11-8-10(4-7-22-6-3-5-17)9-12(16)13(11)15(19)21-2/h8-9,17H,3-7,16H2,1-2H3. The molecular weight excluding hydrogens is 290 g/mol. The fraction of sp³-hybridized carbons (Fsp3) is 0.467. The third kappa shape index (κ3) is 4.71. The number of methoxy groups -OCH3 is 2. The van der Waals surface area contributed by atoms with Gasteiger partial charge in [-0.3, -0.25) is 0 Å². The van der Waals surface area contributed by atoms with Crippen LogP contribution in [0, 0.1) is 0 Å². The van der Waals surface area contributed by atoms with Crippen molar-refractivity contribution in [1.29, 1.82) is 0 Å². The number of hydrogen-bond donors (Lipinski definition) is 2. The van der Waals surface area contributed by atoms with Crippen molar-refractivity contribution in [2.45, 2.75) is 12.8 Å². The van der Waals surface area contributed by atoms with Gasteiger partial charge in [-0.2, -0.15) is 0 Å². The second kappa shape index (κ2) is 9.01. The molecule has 0 aliphatic heterocycles. The van der Waals surface area contributed by atoms with Crippen molar-refractivity contribution in [3.63, 3.8) is 0 Å². The van der Waals surface area contributed by atoms with Gasteiger partial charge in [0.2, 0.25) is 0 Å². The van der Waals surface area contributed by atoms with Gasteiger partial charge in [-0.05, 0) is 30.5 Å². The molecular formula is C15H21NO6. The minimum Gasteiger partial charge on any atom is -0.465 e. The maximum Gasteiger partial charge on any atom is 0.340 e. The molecule has 0 fully saturated rings. The molecule has 0 aliphatic rings. The Bertz CT molecular complexity index is 529. The number of aliphatic hydroxyl groups excluding tert-OH is 1. The second-order valence-corrected chi connectivity index (χ2v) is 4.53. The van der Waals surface area contributed by atoms with Crippen molar-refractivity contribution in [3.8, 4) is 0 Å². The van der Waals surface area contributed by atoms with Gasteiger partial charge in [-0.1, -0.05) is 0 Å². The molecule has 0 bridgehead atoms. The van der Waals surface area contributed by atoms with E-state index in [1.807, 2.05) is 0 Å². The molecule has 0 aliphatic carbocycles. The number of nitrogen functional groups attached to an aromatic ring is 1. The van der Waals surface area contributed by atoms with E-state index in [9.17, 15) is 9.59 Å². The van der Waals surface area contributed by atoms with Crippen molar-refractivity contribution < 1.29 is 28.9 Å². The lowest BCUT2D eigenvalue weighted by Crippen LogP contribution is -2.15. The van der Waals surface area contributed by atoms with E-state index in [4.69, 9.17) is 15.6 Å². The predicted molar refractivity (Wildman–Crippen MR) is 79.8 cm³/mol. The zero-order chi connectivity index (χ0) is 16.5. The van der Waals surface area contributed by atoms with Crippen molar-refractivity contribution >= 4 is 17.6 Å². The SMILES string of the molecule is COC(=O)c1cc(CCOCCCO)cc(N)c1C(=O)OC. The number of nitrogens with two attached hydrogens (primary N) is 1. The number of rotatable bonds is 8. The monoisotopic (exact) mass is 311 g/mol. The highest BCUT2D eigenvalue weighted by atomic mass is 16.5. The van der Waals surface area contributed by atoms with Crippen LogP contribution in [0.1, 0.15) is 32.7 Å². The lowest BCUT2D eigenvalue weighted by atomic mass is 10.00. The number of carbonyl (C=O) groups is 2. The summed E-state index contributed by atoms with van der Waals surface area (Å²) in [4.78, 5) is 23.6. The molecule has 22 heavy (non-hydrogen) atoms. The lowest BCUT2D eigenvalue weighted by Gasteiger charge is -2.12. The number of ether oxygens (including phenoxy) is 3. The van der Waals surface area contributed by atoms with Crippen molar-refractivity contribution in [1.82, 2.24) is 0 Å². The zero-order valence-corrected chi connectivity index (χ0v) is 12.8. The highest BCUT2D eigenvalue weighted by molar-refractivity contribution is 6.06. The molecule has 1 rings (SSSR count). The van der Waals surface area contributed by atoms with Gasteiger partial charge in [-0.15, -0.1) is 0 Å². The van der Waals surface area contributed by atoms with E-state index in [1.165, 1.54) is 14.2 Å². The van der Waals surface area contributed by atoms with Crippen LogP contribution in [0.25, 0.3) is 0 Å². The number of carbonyl (C=O) groups excluding carboxylic acids is 2. The van der Waals surface area contributed by atoms with Gasteiger partial charge in [0.1, 0.15) is 0 Å². The van der Waals surface area contributed by atoms with Crippen molar-refractivity contribution in [2.24, 2.45) is 0 Å². The van der Waals surface area contributed by atoms with Crippen molar-refractivity contribution in [2.75, 3.05) is 39.8 Å². The summed E-state index contributed by atoms with van der Waals surface area (Å²) in [6.45, 7) is 0.945. The van der Waals surface area contributed by atoms with Crippen LogP contribution in [-0.4, -0.2) is 51.1 Å². The van der Waals surface area contributed by atoms with Crippen LogP contribution in [0.3, 0.4) is 0 Å². The van der Waals surface area contributed by atoms with E-state index in [2.05, 4.69) is 9.47 Å². The summed E-state index contributed by atoms with van der Waals surface area (Å²) >= 11 is 0. The average molecular weight is 311 g/mol. The summed E-state index contributed by atoms with van der Waals surface area (Å²) in [6, 6.07) is 3.15. The first-order valence-electron chi connectivity index (χ1n) is 6.82. The van der Waals surface area contributed by atoms with E-state index in [1.54, 1.807) is 12.1 Å². The van der Waals surface area contributed by atoms with Gasteiger partial charge in [0.15, 0.2) is 0 Å². The number of aliphatic hydroxyl groups is 1. The Morgan fingerprint density at radius 1 is 1.14 bits per heavy atom. The average Bonchev–Trinajstić information content (AvgIpc) is 2.52. The Balaban J connectivity index is 2.95. The largest absolute Gasteiger partial charge is 0.465 e. The number of hydrogen-bond acceptors (Lipinski definition) is 7. The van der Waals surface area contributed by atoms with Crippen LogP contribution in [-0.2, 0) is 20.6 Å². The predicted octanol–water partition coefficient (Wildman–Crippen LogP) is 0.784. The first-order chi connectivity index (χ1) is 10.5. The van der Waals surface area contributed by atoms with Crippen LogP contribution in [0.4, 0.5) is 5.69 Å². The summed E-state index contributed by atoms with van der Waals surface area (Å²) < 4.78 is 14.7. The molecule has 0 aromatic heterocycles. The fourth-order valence-electron chi connectivity index (χ4n) is 1.93. The van der Waals surface area contributed by atoms with Gasteiger partial charge >= 0.3 is 11.9 Å². The van der Waals surface area contributed by atoms with Crippen molar-refractivity contribution in [3.05, 3.63) is 28.8 Å². The Labute approximate surface area is 129 Å². The summed E-state index contributed by atoms with van der Waals surface area (Å²) in [5.41, 5.74) is 6.83. The molecule has 1 aromatic carbocycles. The van der Waals surface area contributed by atoms with Gasteiger partial charge < -0.3 is 25.1 Å². The van der Waals surface area contributed by atoms with Crippen LogP contribution in [0.2, 0.25) is 0 Å². The van der Waals surface area contributed by atoms with Gasteiger partial charge in [0.25, 0.3) is 0 Å². The Morgan fingerprint density at radius 2 is 1.82 bits per heavy atom. The summed E-state index contributed by atoms with van der Waals surface area (Å²) in [5.74, 6) is -1.35. The minimum absolute atomic E-state index is 0.000649. The molecule has 7 nitrogen and oxygen atoms in total. The first-order valence-corrected chi connectivity index (χ1v) is 6.82. The number of esters is 2. The van der Waals surface area contributed by atoms with Gasteiger partial charge in [0, 0.05) is 18.9 Å². The van der Waals surface area contributed by atoms with E-state index < -0.39 is 11.9 Å². The molecule has 0 saturated heterocycles. The minimum atomic E-state index is -0.691. The molecule has 0 saturated carbocycles. The number of benzene rings is 1. The maximum atomic E-state index is 11.8. The zero-order valence-electron chi connectivity index (χ0n) is 12.8. The molecule has 0 spiro atoms. The highest BCUT2D eigenvalue weighted by Crippen LogP contribution is 2.22. The van der Waals surface area contributed by atoms with Crippen LogP contribution >= 0.6 is 0 Å². The maximum absolute atomic E-state index is 11.8. The highest BCUT2D eigenvalue weighted by Gasteiger charge is 2.22. The second-order valence-electron chi connectivity index (χ2n) is 4.53. The Hall–Kier alpha value is -2.12. The fourth-order valence-corrected chi connectivity index (χ4v) is 1.93. The normalized spacial score (nSPS) is 10.3. The Morgan fingerprint density at radius 3 is 2.41 bits per heavy atom. The molecule has 0 unspecified atom stereocenters. The molecule has 7 heteroatoms. The van der Waals surface area contributed by atoms with Crippen LogP contribution in [0.15, 0.2) is 12.1 Å². The lowest BCUT2D eigenvalue weighted by molar-refractivity contribution is 0.0556. The van der Waals surface area contributed by atoms with E-state index in [-0.39, 0.29) is 23.4 Å². The quantitative estimate of drug-likeness (QED) is 0.415. The van der Waals surface area contributed by atoms with Gasteiger partial charge in [0.05, 0.1) is 32.0 Å². The summed E-state index contributed by atoms with van der Waals surface area (Å²) in [6.07, 6.45) is 1.08. The molecule has 122 valence electrons. The van der Waals surface area contributed by atoms with Crippen LogP contribution < -0.4 is 5.73 Å². The van der Waals surface area contributed by atoms with E-state index in [0.717, 1.165) is 5.56 Å². The van der Waals surface area contributed by atoms with Crippen LogP contribution in [0.5, 0.6) is 0 Å². The van der Waals surface area contributed by atoms with E-state index >= 15 is 0 Å². The summed E-state index contributed by atoms with van der Waals surface area (Å²) in [7, 11) is 2.44. The molecule has 0 atom stereocenters. The Kier molecular flexibility index (Phi) is 7.34. The topological polar surface area (TPSA) is 108 Å². The molecule has 3 N–H and O–H groups in total. The third-order valence-corrected chi connectivity index (χ3v) is 3.01. The third-order valence-electron chi connectivity index (χ3n) is 3.01. The van der Waals surface area contributed by atoms with E-state index in [0.29, 0.717) is 26.1 Å². The molecule has 0 radical (unpaired) electrons. The first kappa shape index (κ1) is 17.9. The van der Waals surface area contributed by atoms with Gasteiger partial charge in [-0.25, -0.2) is 9.59 Å². The smallest absolute Gasteiger partial charge is 0.340 e.